The van der Waals surface area contributed by atoms with Gasteiger partial charge in [0.25, 0.3) is 0 Å². The molecule has 0 aromatic carbocycles. The first-order valence-electron chi connectivity index (χ1n) is 5.48. The van der Waals surface area contributed by atoms with Crippen LogP contribution >= 0.6 is 0 Å². The fourth-order valence-electron chi connectivity index (χ4n) is 1.35. The van der Waals surface area contributed by atoms with Crippen molar-refractivity contribution in [2.75, 3.05) is 16.3 Å². The van der Waals surface area contributed by atoms with Gasteiger partial charge in [0.2, 0.25) is 10.0 Å². The minimum absolute atomic E-state index is 0.186. The van der Waals surface area contributed by atoms with Crippen LogP contribution in [0.1, 0.15) is 5.69 Å². The Bertz CT molecular complexity index is 628. The molecule has 0 radical (unpaired) electrons. The maximum Gasteiger partial charge on any atom is 0.231 e. The first kappa shape index (κ1) is 13.2. The smallest absolute Gasteiger partial charge is 0.231 e. The molecule has 2 heterocycles. The third-order valence-electron chi connectivity index (χ3n) is 2.13. The van der Waals surface area contributed by atoms with Crippen molar-refractivity contribution in [2.45, 2.75) is 6.54 Å². The summed E-state index contributed by atoms with van der Waals surface area (Å²) in [5.74, 6) is 0.732. The SMILES string of the molecule is CS(=O)(=O)Nc1ccc(NCc2ccccn2)nn1. The zero-order chi connectivity index (χ0) is 13.7. The second-order valence-corrected chi connectivity index (χ2v) is 5.60. The van der Waals surface area contributed by atoms with E-state index in [1.165, 1.54) is 6.07 Å². The van der Waals surface area contributed by atoms with E-state index in [0.29, 0.717) is 12.4 Å². The maximum absolute atomic E-state index is 11.0. The van der Waals surface area contributed by atoms with Gasteiger partial charge in [-0.3, -0.25) is 9.71 Å². The van der Waals surface area contributed by atoms with Crippen LogP contribution in [-0.4, -0.2) is 29.9 Å². The first-order chi connectivity index (χ1) is 9.03. The predicted octanol–water partition coefficient (Wildman–Crippen LogP) is 0.855. The summed E-state index contributed by atoms with van der Waals surface area (Å²) in [6, 6.07) is 8.81. The van der Waals surface area contributed by atoms with E-state index in [4.69, 9.17) is 0 Å². The lowest BCUT2D eigenvalue weighted by atomic mass is 10.3. The average molecular weight is 279 g/mol. The summed E-state index contributed by atoms with van der Waals surface area (Å²) < 4.78 is 24.2. The molecule has 0 amide bonds. The van der Waals surface area contributed by atoms with E-state index in [1.54, 1.807) is 12.3 Å². The van der Waals surface area contributed by atoms with Gasteiger partial charge in [0.1, 0.15) is 5.82 Å². The first-order valence-corrected chi connectivity index (χ1v) is 7.37. The summed E-state index contributed by atoms with van der Waals surface area (Å²) in [7, 11) is -3.33. The number of hydrogen-bond donors (Lipinski definition) is 2. The molecule has 0 saturated carbocycles. The Balaban J connectivity index is 1.96. The second kappa shape index (κ2) is 5.61. The van der Waals surface area contributed by atoms with Crippen LogP contribution in [-0.2, 0) is 16.6 Å². The molecule has 0 unspecified atom stereocenters. The lowest BCUT2D eigenvalue weighted by molar-refractivity contribution is 0.606. The molecule has 2 aromatic rings. The van der Waals surface area contributed by atoms with Gasteiger partial charge in [-0.2, -0.15) is 0 Å². The van der Waals surface area contributed by atoms with E-state index in [-0.39, 0.29) is 5.82 Å². The third kappa shape index (κ3) is 4.51. The molecule has 2 aromatic heterocycles. The maximum atomic E-state index is 11.0. The molecule has 100 valence electrons. The van der Waals surface area contributed by atoms with Gasteiger partial charge in [0.15, 0.2) is 5.82 Å². The molecule has 0 aliphatic heterocycles. The van der Waals surface area contributed by atoms with Crippen molar-refractivity contribution >= 4 is 21.7 Å². The molecule has 0 aliphatic carbocycles. The Morgan fingerprint density at radius 1 is 1.11 bits per heavy atom. The zero-order valence-corrected chi connectivity index (χ0v) is 11.1. The normalized spacial score (nSPS) is 11.0. The van der Waals surface area contributed by atoms with Crippen LogP contribution in [0.4, 0.5) is 11.6 Å². The van der Waals surface area contributed by atoms with Crippen molar-refractivity contribution in [1.29, 1.82) is 0 Å². The summed E-state index contributed by atoms with van der Waals surface area (Å²) in [6.07, 6.45) is 2.77. The molecule has 0 spiro atoms. The molecule has 8 heteroatoms. The number of rotatable bonds is 5. The minimum atomic E-state index is -3.33. The lowest BCUT2D eigenvalue weighted by Gasteiger charge is -2.05. The van der Waals surface area contributed by atoms with Crippen LogP contribution in [0.25, 0.3) is 0 Å². The highest BCUT2D eigenvalue weighted by Crippen LogP contribution is 2.08. The van der Waals surface area contributed by atoms with E-state index in [9.17, 15) is 8.42 Å². The molecule has 0 atom stereocenters. The third-order valence-corrected chi connectivity index (χ3v) is 2.71. The largest absolute Gasteiger partial charge is 0.363 e. The van der Waals surface area contributed by atoms with Crippen LogP contribution < -0.4 is 10.0 Å². The molecular weight excluding hydrogens is 266 g/mol. The van der Waals surface area contributed by atoms with Crippen molar-refractivity contribution in [3.63, 3.8) is 0 Å². The Morgan fingerprint density at radius 2 is 1.84 bits per heavy atom. The van der Waals surface area contributed by atoms with Crippen LogP contribution in [0, 0.1) is 0 Å². The number of pyridine rings is 1. The molecule has 0 fully saturated rings. The molecule has 2 rings (SSSR count). The summed E-state index contributed by atoms with van der Waals surface area (Å²) >= 11 is 0. The number of aromatic nitrogens is 3. The van der Waals surface area contributed by atoms with Gasteiger partial charge in [0.05, 0.1) is 18.5 Å². The summed E-state index contributed by atoms with van der Waals surface area (Å²) in [4.78, 5) is 4.16. The number of nitrogens with zero attached hydrogens (tertiary/aromatic N) is 3. The molecular formula is C11H13N5O2S. The van der Waals surface area contributed by atoms with Crippen LogP contribution in [0.5, 0.6) is 0 Å². The van der Waals surface area contributed by atoms with E-state index in [2.05, 4.69) is 25.2 Å². The van der Waals surface area contributed by atoms with Gasteiger partial charge in [-0.1, -0.05) is 6.07 Å². The van der Waals surface area contributed by atoms with Crippen LogP contribution in [0.15, 0.2) is 36.5 Å². The highest BCUT2D eigenvalue weighted by molar-refractivity contribution is 7.92. The minimum Gasteiger partial charge on any atom is -0.363 e. The van der Waals surface area contributed by atoms with Crippen molar-refractivity contribution in [1.82, 2.24) is 15.2 Å². The van der Waals surface area contributed by atoms with Crippen molar-refractivity contribution < 1.29 is 8.42 Å². The van der Waals surface area contributed by atoms with Crippen LogP contribution in [0.2, 0.25) is 0 Å². The Labute approximate surface area is 111 Å². The molecule has 19 heavy (non-hydrogen) atoms. The molecule has 2 N–H and O–H groups in total. The Kier molecular flexibility index (Phi) is 3.91. The highest BCUT2D eigenvalue weighted by atomic mass is 32.2. The topological polar surface area (TPSA) is 96.9 Å². The van der Waals surface area contributed by atoms with E-state index >= 15 is 0 Å². The van der Waals surface area contributed by atoms with Gasteiger partial charge in [-0.15, -0.1) is 10.2 Å². The fraction of sp³-hybridized carbons (Fsp3) is 0.182. The van der Waals surface area contributed by atoms with Crippen molar-refractivity contribution in [3.05, 3.63) is 42.2 Å². The molecule has 0 bridgehead atoms. The van der Waals surface area contributed by atoms with Crippen molar-refractivity contribution in [3.8, 4) is 0 Å². The number of sulfonamides is 1. The lowest BCUT2D eigenvalue weighted by Crippen LogP contribution is -2.12. The standard InChI is InChI=1S/C11H13N5O2S/c1-19(17,18)16-11-6-5-10(14-15-11)13-8-9-4-2-3-7-12-9/h2-7H,8H2,1H3,(H,13,14)(H,15,16). The molecule has 0 aliphatic rings. The Morgan fingerprint density at radius 3 is 2.42 bits per heavy atom. The quantitative estimate of drug-likeness (QED) is 0.842. The predicted molar refractivity (Wildman–Crippen MR) is 72.1 cm³/mol. The van der Waals surface area contributed by atoms with E-state index in [0.717, 1.165) is 11.9 Å². The molecule has 0 saturated heterocycles. The van der Waals surface area contributed by atoms with Gasteiger partial charge in [0, 0.05) is 6.20 Å². The number of nitrogens with one attached hydrogen (secondary N) is 2. The van der Waals surface area contributed by atoms with Gasteiger partial charge in [-0.25, -0.2) is 8.42 Å². The monoisotopic (exact) mass is 279 g/mol. The van der Waals surface area contributed by atoms with Gasteiger partial charge in [-0.05, 0) is 24.3 Å². The van der Waals surface area contributed by atoms with Gasteiger partial charge >= 0.3 is 0 Å². The van der Waals surface area contributed by atoms with Crippen LogP contribution in [0.3, 0.4) is 0 Å². The average Bonchev–Trinajstić information content (AvgIpc) is 2.37. The summed E-state index contributed by atoms with van der Waals surface area (Å²) in [6.45, 7) is 0.522. The van der Waals surface area contributed by atoms with E-state index in [1.807, 2.05) is 18.2 Å². The second-order valence-electron chi connectivity index (χ2n) is 3.85. The fourth-order valence-corrected chi connectivity index (χ4v) is 1.84. The molecule has 7 nitrogen and oxygen atoms in total. The van der Waals surface area contributed by atoms with E-state index < -0.39 is 10.0 Å². The van der Waals surface area contributed by atoms with Crippen molar-refractivity contribution in [2.24, 2.45) is 0 Å². The summed E-state index contributed by atoms with van der Waals surface area (Å²) in [5, 5.41) is 10.7. The van der Waals surface area contributed by atoms with Gasteiger partial charge < -0.3 is 5.32 Å². The summed E-state index contributed by atoms with van der Waals surface area (Å²) in [5.41, 5.74) is 0.877. The Hall–Kier alpha value is -2.22. The number of hydrogen-bond acceptors (Lipinski definition) is 6. The highest BCUT2D eigenvalue weighted by Gasteiger charge is 2.03. The number of anilines is 2. The zero-order valence-electron chi connectivity index (χ0n) is 10.2.